The highest BCUT2D eigenvalue weighted by molar-refractivity contribution is 5.33. The molecule has 2 rings (SSSR count). The van der Waals surface area contributed by atoms with Gasteiger partial charge in [-0.1, -0.05) is 23.8 Å². The average molecular weight is 229 g/mol. The van der Waals surface area contributed by atoms with Gasteiger partial charge in [-0.05, 0) is 25.0 Å². The van der Waals surface area contributed by atoms with Crippen LogP contribution in [0.4, 0.5) is 0 Å². The van der Waals surface area contributed by atoms with E-state index in [4.69, 9.17) is 5.73 Å². The number of nitrogens with zero attached hydrogens (tertiary/aromatic N) is 2. The lowest BCUT2D eigenvalue weighted by Gasteiger charge is -2.10. The van der Waals surface area contributed by atoms with Crippen molar-refractivity contribution >= 4 is 0 Å². The lowest BCUT2D eigenvalue weighted by Crippen LogP contribution is -2.06. The van der Waals surface area contributed by atoms with E-state index in [-0.39, 0.29) is 0 Å². The van der Waals surface area contributed by atoms with Gasteiger partial charge in [-0.3, -0.25) is 0 Å². The summed E-state index contributed by atoms with van der Waals surface area (Å²) in [6.07, 6.45) is 4.74. The highest BCUT2D eigenvalue weighted by Gasteiger charge is 2.06. The van der Waals surface area contributed by atoms with Crippen molar-refractivity contribution in [2.24, 2.45) is 5.73 Å². The largest absolute Gasteiger partial charge is 0.335 e. The summed E-state index contributed by atoms with van der Waals surface area (Å²) in [5, 5.41) is 0. The van der Waals surface area contributed by atoms with Gasteiger partial charge in [0.15, 0.2) is 0 Å². The number of aromatic nitrogens is 2. The van der Waals surface area contributed by atoms with Crippen LogP contribution in [0.25, 0.3) is 0 Å². The first-order valence-electron chi connectivity index (χ1n) is 6.03. The molecule has 0 fully saturated rings. The molecule has 1 aromatic heterocycles. The second-order valence-electron chi connectivity index (χ2n) is 4.28. The molecule has 17 heavy (non-hydrogen) atoms. The molecule has 0 unspecified atom stereocenters. The SMILES string of the molecule is CCn1ccnc1Cc1cc(C)ccc1CN. The van der Waals surface area contributed by atoms with Gasteiger partial charge < -0.3 is 10.3 Å². The van der Waals surface area contributed by atoms with Gasteiger partial charge in [0.1, 0.15) is 5.82 Å². The third-order valence-electron chi connectivity index (χ3n) is 3.07. The minimum atomic E-state index is 0.586. The van der Waals surface area contributed by atoms with Crippen molar-refractivity contribution < 1.29 is 0 Å². The maximum Gasteiger partial charge on any atom is 0.113 e. The predicted octanol–water partition coefficient (Wildman–Crippen LogP) is 2.26. The Hall–Kier alpha value is -1.61. The van der Waals surface area contributed by atoms with Gasteiger partial charge in [0.2, 0.25) is 0 Å². The van der Waals surface area contributed by atoms with Crippen molar-refractivity contribution in [1.29, 1.82) is 0 Å². The molecule has 0 atom stereocenters. The normalized spacial score (nSPS) is 10.8. The van der Waals surface area contributed by atoms with Crippen LogP contribution in [0, 0.1) is 6.92 Å². The Kier molecular flexibility index (Phi) is 3.59. The molecule has 3 heteroatoms. The van der Waals surface area contributed by atoms with Crippen molar-refractivity contribution in [2.45, 2.75) is 33.4 Å². The van der Waals surface area contributed by atoms with E-state index in [0.29, 0.717) is 6.54 Å². The average Bonchev–Trinajstić information content (AvgIpc) is 2.77. The van der Waals surface area contributed by atoms with Crippen LogP contribution < -0.4 is 5.73 Å². The van der Waals surface area contributed by atoms with Crippen molar-refractivity contribution in [3.8, 4) is 0 Å². The number of hydrogen-bond donors (Lipinski definition) is 1. The Morgan fingerprint density at radius 3 is 2.82 bits per heavy atom. The van der Waals surface area contributed by atoms with Crippen molar-refractivity contribution in [1.82, 2.24) is 9.55 Å². The first-order valence-corrected chi connectivity index (χ1v) is 6.03. The summed E-state index contributed by atoms with van der Waals surface area (Å²) in [6.45, 7) is 5.78. The van der Waals surface area contributed by atoms with Crippen LogP contribution in [-0.4, -0.2) is 9.55 Å². The van der Waals surface area contributed by atoms with E-state index in [0.717, 1.165) is 18.8 Å². The van der Waals surface area contributed by atoms with E-state index in [9.17, 15) is 0 Å². The Bertz CT molecular complexity index is 500. The van der Waals surface area contributed by atoms with Crippen LogP contribution >= 0.6 is 0 Å². The summed E-state index contributed by atoms with van der Waals surface area (Å²) >= 11 is 0. The number of rotatable bonds is 4. The van der Waals surface area contributed by atoms with Crippen LogP contribution in [0.15, 0.2) is 30.6 Å². The monoisotopic (exact) mass is 229 g/mol. The molecule has 2 N–H and O–H groups in total. The van der Waals surface area contributed by atoms with Crippen LogP contribution in [0.3, 0.4) is 0 Å². The van der Waals surface area contributed by atoms with Gasteiger partial charge in [-0.25, -0.2) is 4.98 Å². The minimum Gasteiger partial charge on any atom is -0.335 e. The fraction of sp³-hybridized carbons (Fsp3) is 0.357. The highest BCUT2D eigenvalue weighted by Crippen LogP contribution is 2.15. The number of imidazole rings is 1. The highest BCUT2D eigenvalue weighted by atomic mass is 15.0. The van der Waals surface area contributed by atoms with Gasteiger partial charge in [0.25, 0.3) is 0 Å². The number of benzene rings is 1. The molecule has 1 aromatic carbocycles. The van der Waals surface area contributed by atoms with E-state index < -0.39 is 0 Å². The zero-order valence-corrected chi connectivity index (χ0v) is 10.5. The lowest BCUT2D eigenvalue weighted by atomic mass is 10.0. The Balaban J connectivity index is 2.32. The van der Waals surface area contributed by atoms with E-state index in [2.05, 4.69) is 41.6 Å². The first-order chi connectivity index (χ1) is 8.24. The molecule has 0 aliphatic rings. The van der Waals surface area contributed by atoms with Gasteiger partial charge >= 0.3 is 0 Å². The van der Waals surface area contributed by atoms with Crippen molar-refractivity contribution in [2.75, 3.05) is 0 Å². The van der Waals surface area contributed by atoms with Crippen LogP contribution in [0.1, 0.15) is 29.4 Å². The Labute approximate surface area is 102 Å². The first kappa shape index (κ1) is 11.9. The molecule has 2 aromatic rings. The van der Waals surface area contributed by atoms with Crippen LogP contribution in [0.5, 0.6) is 0 Å². The lowest BCUT2D eigenvalue weighted by molar-refractivity contribution is 0.710. The molecular formula is C14H19N3. The second kappa shape index (κ2) is 5.15. The Morgan fingerprint density at radius 1 is 1.29 bits per heavy atom. The molecule has 90 valence electrons. The van der Waals surface area contributed by atoms with E-state index in [1.807, 2.05) is 12.4 Å². The summed E-state index contributed by atoms with van der Waals surface area (Å²) in [7, 11) is 0. The summed E-state index contributed by atoms with van der Waals surface area (Å²) in [4.78, 5) is 4.41. The van der Waals surface area contributed by atoms with E-state index >= 15 is 0 Å². The topological polar surface area (TPSA) is 43.8 Å². The standard InChI is InChI=1S/C14H19N3/c1-3-17-7-6-16-14(17)9-13-8-11(2)4-5-12(13)10-15/h4-8H,3,9-10,15H2,1-2H3. The zero-order valence-electron chi connectivity index (χ0n) is 10.5. The summed E-state index contributed by atoms with van der Waals surface area (Å²) in [6, 6.07) is 6.43. The van der Waals surface area contributed by atoms with E-state index in [1.165, 1.54) is 16.7 Å². The molecule has 1 heterocycles. The van der Waals surface area contributed by atoms with Crippen LogP contribution in [0.2, 0.25) is 0 Å². The molecule has 0 aliphatic heterocycles. The van der Waals surface area contributed by atoms with Crippen molar-refractivity contribution in [3.63, 3.8) is 0 Å². The Morgan fingerprint density at radius 2 is 2.12 bits per heavy atom. The van der Waals surface area contributed by atoms with Gasteiger partial charge in [0, 0.05) is 31.9 Å². The van der Waals surface area contributed by atoms with Gasteiger partial charge in [-0.2, -0.15) is 0 Å². The summed E-state index contributed by atoms with van der Waals surface area (Å²) in [5.74, 6) is 1.10. The minimum absolute atomic E-state index is 0.586. The second-order valence-corrected chi connectivity index (χ2v) is 4.28. The number of hydrogen-bond acceptors (Lipinski definition) is 2. The zero-order chi connectivity index (χ0) is 12.3. The molecular weight excluding hydrogens is 210 g/mol. The number of nitrogens with two attached hydrogens (primary N) is 1. The molecule has 0 radical (unpaired) electrons. The van der Waals surface area contributed by atoms with Crippen molar-refractivity contribution in [3.05, 3.63) is 53.1 Å². The molecule has 0 aliphatic carbocycles. The predicted molar refractivity (Wildman–Crippen MR) is 69.8 cm³/mol. The molecule has 0 saturated carbocycles. The quantitative estimate of drug-likeness (QED) is 0.874. The smallest absolute Gasteiger partial charge is 0.113 e. The molecule has 3 nitrogen and oxygen atoms in total. The molecule has 0 bridgehead atoms. The number of aryl methyl sites for hydroxylation is 2. The fourth-order valence-corrected chi connectivity index (χ4v) is 2.08. The third-order valence-corrected chi connectivity index (χ3v) is 3.07. The fourth-order valence-electron chi connectivity index (χ4n) is 2.08. The summed E-state index contributed by atoms with van der Waals surface area (Å²) in [5.41, 5.74) is 9.54. The molecule has 0 spiro atoms. The van der Waals surface area contributed by atoms with Crippen LogP contribution in [-0.2, 0) is 19.5 Å². The maximum absolute atomic E-state index is 5.77. The van der Waals surface area contributed by atoms with E-state index in [1.54, 1.807) is 0 Å². The summed E-state index contributed by atoms with van der Waals surface area (Å²) < 4.78 is 2.17. The van der Waals surface area contributed by atoms with Gasteiger partial charge in [-0.15, -0.1) is 0 Å². The third kappa shape index (κ3) is 2.56. The molecule has 0 amide bonds. The van der Waals surface area contributed by atoms with Gasteiger partial charge in [0.05, 0.1) is 0 Å². The molecule has 0 saturated heterocycles. The maximum atomic E-state index is 5.77.